The van der Waals surface area contributed by atoms with Crippen LogP contribution in [0.4, 0.5) is 4.39 Å². The highest BCUT2D eigenvalue weighted by molar-refractivity contribution is 7.81. The summed E-state index contributed by atoms with van der Waals surface area (Å²) in [5, 5.41) is 17.7. The Bertz CT molecular complexity index is 559. The van der Waals surface area contributed by atoms with Crippen molar-refractivity contribution < 1.29 is 19.3 Å². The van der Waals surface area contributed by atoms with Crippen LogP contribution in [0.15, 0.2) is 15.7 Å². The summed E-state index contributed by atoms with van der Waals surface area (Å²) in [7, 11) is 0. The molecule has 9 heteroatoms. The van der Waals surface area contributed by atoms with E-state index in [-0.39, 0.29) is 0 Å². The summed E-state index contributed by atoms with van der Waals surface area (Å²) in [4.78, 5) is 24.3. The monoisotopic (exact) mass is 278 g/mol. The molecule has 0 bridgehead atoms. The molecule has 2 rings (SSSR count). The Hall–Kier alpha value is -1.16. The van der Waals surface area contributed by atoms with Crippen LogP contribution in [0.5, 0.6) is 0 Å². The molecule has 1 aliphatic rings. The quantitative estimate of drug-likeness (QED) is 0.378. The van der Waals surface area contributed by atoms with Gasteiger partial charge in [0, 0.05) is 0 Å². The Morgan fingerprint density at radius 2 is 2.22 bits per heavy atom. The summed E-state index contributed by atoms with van der Waals surface area (Å²) < 4.78 is 19.3. The van der Waals surface area contributed by atoms with Gasteiger partial charge in [-0.25, -0.2) is 9.36 Å². The number of H-pyrrole nitrogens is 1. The zero-order chi connectivity index (χ0) is 13.4. The van der Waals surface area contributed by atoms with Gasteiger partial charge in [0.25, 0.3) is 5.56 Å². The van der Waals surface area contributed by atoms with E-state index in [4.69, 9.17) is 9.84 Å². The first-order valence-corrected chi connectivity index (χ1v) is 5.61. The number of aromatic amines is 1. The second-order valence-corrected chi connectivity index (χ2v) is 4.46. The van der Waals surface area contributed by atoms with Gasteiger partial charge in [-0.3, -0.25) is 9.78 Å². The van der Waals surface area contributed by atoms with Gasteiger partial charge in [0.1, 0.15) is 6.10 Å². The van der Waals surface area contributed by atoms with Crippen molar-refractivity contribution in [3.63, 3.8) is 0 Å². The van der Waals surface area contributed by atoms with Crippen molar-refractivity contribution in [1.29, 1.82) is 0 Å². The lowest BCUT2D eigenvalue weighted by Gasteiger charge is -2.17. The van der Waals surface area contributed by atoms with E-state index in [2.05, 4.69) is 12.6 Å². The molecular formula is C9H11FN2O5S. The second-order valence-electron chi connectivity index (χ2n) is 3.86. The minimum Gasteiger partial charge on any atom is -0.394 e. The summed E-state index contributed by atoms with van der Waals surface area (Å²) in [6, 6.07) is 0.587. The summed E-state index contributed by atoms with van der Waals surface area (Å²) in [5.41, 5.74) is -1.88. The second kappa shape index (κ2) is 4.84. The number of ether oxygens (including phenoxy) is 1. The molecular weight excluding hydrogens is 267 g/mol. The predicted octanol–water partition coefficient (Wildman–Crippen LogP) is -1.78. The fraction of sp³-hybridized carbons (Fsp3) is 0.556. The maximum atomic E-state index is 13.6. The minimum absolute atomic E-state index is 0.492. The van der Waals surface area contributed by atoms with E-state index in [1.54, 1.807) is 0 Å². The van der Waals surface area contributed by atoms with Gasteiger partial charge in [0.15, 0.2) is 6.23 Å². The van der Waals surface area contributed by atoms with Gasteiger partial charge >= 0.3 is 5.69 Å². The van der Waals surface area contributed by atoms with Crippen LogP contribution in [-0.4, -0.2) is 43.8 Å². The Kier molecular flexibility index (Phi) is 3.57. The van der Waals surface area contributed by atoms with Crippen LogP contribution >= 0.6 is 12.6 Å². The van der Waals surface area contributed by atoms with E-state index in [1.165, 1.54) is 0 Å². The summed E-state index contributed by atoms with van der Waals surface area (Å²) >= 11 is 4.02. The van der Waals surface area contributed by atoms with Crippen LogP contribution in [0, 0.1) is 5.95 Å². The summed E-state index contributed by atoms with van der Waals surface area (Å²) in [6.07, 6.45) is -3.32. The number of aromatic nitrogens is 2. The summed E-state index contributed by atoms with van der Waals surface area (Å²) in [6.45, 7) is -0.492. The fourth-order valence-electron chi connectivity index (χ4n) is 1.81. The number of hydrogen-bond acceptors (Lipinski definition) is 6. The lowest BCUT2D eigenvalue weighted by molar-refractivity contribution is -0.0491. The van der Waals surface area contributed by atoms with Crippen molar-refractivity contribution >= 4 is 12.6 Å². The highest BCUT2D eigenvalue weighted by atomic mass is 32.1. The third-order valence-corrected chi connectivity index (χ3v) is 3.26. The Labute approximate surface area is 105 Å². The van der Waals surface area contributed by atoms with Crippen LogP contribution in [0.1, 0.15) is 6.23 Å². The van der Waals surface area contributed by atoms with Gasteiger partial charge in [0.05, 0.1) is 24.0 Å². The van der Waals surface area contributed by atoms with E-state index < -0.39 is 47.5 Å². The van der Waals surface area contributed by atoms with Gasteiger partial charge in [-0.2, -0.15) is 17.0 Å². The molecule has 18 heavy (non-hydrogen) atoms. The van der Waals surface area contributed by atoms with Crippen LogP contribution in [0.25, 0.3) is 0 Å². The van der Waals surface area contributed by atoms with Gasteiger partial charge in [-0.05, 0) is 0 Å². The van der Waals surface area contributed by atoms with Crippen molar-refractivity contribution in [3.05, 3.63) is 32.9 Å². The van der Waals surface area contributed by atoms with Crippen LogP contribution in [0.2, 0.25) is 0 Å². The van der Waals surface area contributed by atoms with Crippen molar-refractivity contribution in [2.75, 3.05) is 6.61 Å². The number of nitrogens with one attached hydrogen (secondary N) is 1. The lowest BCUT2D eigenvalue weighted by atomic mass is 10.2. The number of halogens is 1. The Balaban J connectivity index is 2.45. The first-order valence-electron chi connectivity index (χ1n) is 5.09. The molecule has 0 saturated carbocycles. The van der Waals surface area contributed by atoms with Crippen molar-refractivity contribution in [1.82, 2.24) is 9.55 Å². The number of thiol groups is 1. The highest BCUT2D eigenvalue weighted by Crippen LogP contribution is 2.32. The van der Waals surface area contributed by atoms with E-state index in [9.17, 15) is 19.1 Å². The average Bonchev–Trinajstić information content (AvgIpc) is 2.56. The van der Waals surface area contributed by atoms with Gasteiger partial charge in [0.2, 0.25) is 5.95 Å². The molecule has 0 spiro atoms. The number of aliphatic hydroxyl groups is 2. The van der Waals surface area contributed by atoms with Crippen LogP contribution < -0.4 is 11.2 Å². The highest BCUT2D eigenvalue weighted by Gasteiger charge is 2.43. The zero-order valence-corrected chi connectivity index (χ0v) is 9.88. The molecule has 2 heterocycles. The minimum atomic E-state index is -1.20. The first kappa shape index (κ1) is 13.3. The summed E-state index contributed by atoms with van der Waals surface area (Å²) in [5.74, 6) is -1.10. The molecule has 100 valence electrons. The topological polar surface area (TPSA) is 105 Å². The molecule has 0 aliphatic carbocycles. The fourth-order valence-corrected chi connectivity index (χ4v) is 2.20. The number of aliphatic hydroxyl groups excluding tert-OH is 2. The third-order valence-electron chi connectivity index (χ3n) is 2.70. The predicted molar refractivity (Wildman–Crippen MR) is 61.1 cm³/mol. The molecule has 1 aromatic heterocycles. The molecule has 1 saturated heterocycles. The van der Waals surface area contributed by atoms with Crippen LogP contribution in [0.3, 0.4) is 0 Å². The largest absolute Gasteiger partial charge is 0.394 e. The van der Waals surface area contributed by atoms with Crippen molar-refractivity contribution in [3.8, 4) is 0 Å². The lowest BCUT2D eigenvalue weighted by Crippen LogP contribution is -2.37. The maximum absolute atomic E-state index is 13.6. The van der Waals surface area contributed by atoms with Crippen molar-refractivity contribution in [2.24, 2.45) is 0 Å². The standard InChI is InChI=1S/C9H11FN2O5S/c10-4-1-5(14)11-9(16)12(4)8-7(18)6(15)3(2-13)17-8/h1,3,6-8,13,15,18H,2H2,(H,11,14,16)/t3-,6-,7-,8-/m1/s1. The molecule has 0 aromatic carbocycles. The Morgan fingerprint density at radius 1 is 1.56 bits per heavy atom. The maximum Gasteiger partial charge on any atom is 0.332 e. The normalized spacial score (nSPS) is 31.8. The Morgan fingerprint density at radius 3 is 2.72 bits per heavy atom. The van der Waals surface area contributed by atoms with Crippen molar-refractivity contribution in [2.45, 2.75) is 23.7 Å². The number of rotatable bonds is 2. The molecule has 1 aromatic rings. The zero-order valence-electron chi connectivity index (χ0n) is 8.99. The molecule has 0 radical (unpaired) electrons. The van der Waals surface area contributed by atoms with Gasteiger partial charge in [-0.15, -0.1) is 0 Å². The number of hydrogen-bond donors (Lipinski definition) is 4. The third kappa shape index (κ3) is 2.09. The molecule has 1 aliphatic heterocycles. The SMILES string of the molecule is O=c1cc(F)n([C@@H]2O[C@H](CO)[C@@H](O)[C@H]2S)c(=O)[nH]1. The van der Waals surface area contributed by atoms with E-state index in [1.807, 2.05) is 4.98 Å². The average molecular weight is 278 g/mol. The molecule has 7 nitrogen and oxygen atoms in total. The number of nitrogens with zero attached hydrogens (tertiary/aromatic N) is 1. The van der Waals surface area contributed by atoms with E-state index in [0.29, 0.717) is 10.6 Å². The van der Waals surface area contributed by atoms with Crippen LogP contribution in [-0.2, 0) is 4.74 Å². The molecule has 0 amide bonds. The van der Waals surface area contributed by atoms with Gasteiger partial charge < -0.3 is 14.9 Å². The molecule has 0 unspecified atom stereocenters. The van der Waals surface area contributed by atoms with Gasteiger partial charge in [-0.1, -0.05) is 0 Å². The molecule has 4 atom stereocenters. The first-order chi connectivity index (χ1) is 8.45. The van der Waals surface area contributed by atoms with E-state index >= 15 is 0 Å². The van der Waals surface area contributed by atoms with E-state index in [0.717, 1.165) is 0 Å². The molecule has 3 N–H and O–H groups in total. The molecule has 1 fully saturated rings. The smallest absolute Gasteiger partial charge is 0.332 e.